The van der Waals surface area contributed by atoms with Crippen molar-refractivity contribution in [1.82, 2.24) is 9.88 Å². The van der Waals surface area contributed by atoms with Gasteiger partial charge in [-0.05, 0) is 18.2 Å². The fraction of sp³-hybridized carbons (Fsp3) is 0.438. The lowest BCUT2D eigenvalue weighted by Gasteiger charge is -2.34. The van der Waals surface area contributed by atoms with E-state index in [4.69, 9.17) is 4.74 Å². The summed E-state index contributed by atoms with van der Waals surface area (Å²) in [6.07, 6.45) is -3.48. The normalized spacial score (nSPS) is 16.3. The van der Waals surface area contributed by atoms with Crippen LogP contribution in [0.1, 0.15) is 10.4 Å². The number of methoxy groups -OCH3 is 1. The molecule has 0 unspecified atom stereocenters. The number of anilines is 1. The average molecular weight is 375 g/mol. The fourth-order valence-electron chi connectivity index (χ4n) is 2.75. The van der Waals surface area contributed by atoms with Gasteiger partial charge in [0.25, 0.3) is 0 Å². The molecule has 0 amide bonds. The smallest absolute Gasteiger partial charge is 0.427 e. The number of nitrogens with zero attached hydrogens (tertiary/aromatic N) is 3. The first-order valence-corrected chi connectivity index (χ1v) is 8.51. The van der Waals surface area contributed by atoms with Crippen LogP contribution in [-0.4, -0.2) is 43.2 Å². The molecule has 1 saturated heterocycles. The number of alkyl halides is 3. The molecule has 136 valence electrons. The number of ether oxygens (including phenoxy) is 1. The summed E-state index contributed by atoms with van der Waals surface area (Å²) in [5, 5.41) is 0.385. The van der Waals surface area contributed by atoms with E-state index in [0.29, 0.717) is 54.9 Å². The molecule has 1 fully saturated rings. The van der Waals surface area contributed by atoms with Crippen molar-refractivity contribution in [2.24, 2.45) is 0 Å². The summed E-state index contributed by atoms with van der Waals surface area (Å²) in [7, 11) is 1.54. The van der Waals surface area contributed by atoms with Crippen molar-refractivity contribution in [3.63, 3.8) is 0 Å². The predicted molar refractivity (Wildman–Crippen MR) is 87.6 cm³/mol. The van der Waals surface area contributed by atoms with E-state index in [0.717, 1.165) is 11.8 Å². The molecule has 0 bridgehead atoms. The van der Waals surface area contributed by atoms with Crippen LogP contribution in [0.25, 0.3) is 0 Å². The van der Waals surface area contributed by atoms with Gasteiger partial charge in [-0.2, -0.15) is 13.2 Å². The van der Waals surface area contributed by atoms with Gasteiger partial charge in [0.05, 0.1) is 13.3 Å². The largest absolute Gasteiger partial charge is 0.496 e. The van der Waals surface area contributed by atoms with Crippen LogP contribution in [-0.2, 0) is 12.7 Å². The lowest BCUT2D eigenvalue weighted by molar-refractivity contribution is -0.134. The summed E-state index contributed by atoms with van der Waals surface area (Å²) in [6, 6.07) is 4.39. The molecule has 0 aliphatic carbocycles. The van der Waals surface area contributed by atoms with E-state index >= 15 is 0 Å². The fourth-order valence-corrected chi connectivity index (χ4v) is 3.59. The molecule has 25 heavy (non-hydrogen) atoms. The predicted octanol–water partition coefficient (Wildman–Crippen LogP) is 3.63. The Hall–Kier alpha value is -1.87. The molecule has 0 saturated carbocycles. The summed E-state index contributed by atoms with van der Waals surface area (Å²) >= 11 is 0.661. The number of hydrogen-bond donors (Lipinski definition) is 0. The zero-order chi connectivity index (χ0) is 18.0. The first-order chi connectivity index (χ1) is 11.9. The number of thiazole rings is 1. The molecule has 1 aromatic heterocycles. The van der Waals surface area contributed by atoms with Gasteiger partial charge in [0.15, 0.2) is 5.13 Å². The van der Waals surface area contributed by atoms with Crippen molar-refractivity contribution in [1.29, 1.82) is 0 Å². The molecule has 9 heteroatoms. The van der Waals surface area contributed by atoms with Crippen LogP contribution in [0.15, 0.2) is 24.4 Å². The topological polar surface area (TPSA) is 28.6 Å². The Morgan fingerprint density at radius 2 is 1.92 bits per heavy atom. The highest BCUT2D eigenvalue weighted by atomic mass is 32.1. The third-order valence-corrected chi connectivity index (χ3v) is 5.16. The molecule has 3 rings (SSSR count). The standard InChI is InChI=1S/C16H17F4N3OS/c1-24-13-3-2-12(17)8-11(13)10-22-4-6-23(7-5-22)15-21-9-14(25-15)16(18,19)20/h2-3,8-9H,4-7,10H2,1H3. The number of hydrogen-bond acceptors (Lipinski definition) is 5. The van der Waals surface area contributed by atoms with Gasteiger partial charge in [0, 0.05) is 38.3 Å². The van der Waals surface area contributed by atoms with E-state index in [1.54, 1.807) is 6.07 Å². The lowest BCUT2D eigenvalue weighted by Crippen LogP contribution is -2.46. The van der Waals surface area contributed by atoms with Crippen molar-refractivity contribution >= 4 is 16.5 Å². The first kappa shape index (κ1) is 17.9. The Kier molecular flexibility index (Phi) is 5.14. The Morgan fingerprint density at radius 1 is 1.20 bits per heavy atom. The second-order valence-electron chi connectivity index (χ2n) is 5.72. The lowest BCUT2D eigenvalue weighted by atomic mass is 10.1. The SMILES string of the molecule is COc1ccc(F)cc1CN1CCN(c2ncc(C(F)(F)F)s2)CC1. The maximum atomic E-state index is 13.4. The average Bonchev–Trinajstić information content (AvgIpc) is 3.06. The summed E-state index contributed by atoms with van der Waals surface area (Å²) in [4.78, 5) is 7.17. The van der Waals surface area contributed by atoms with Gasteiger partial charge in [0.2, 0.25) is 0 Å². The molecule has 4 nitrogen and oxygen atoms in total. The molecule has 0 atom stereocenters. The monoisotopic (exact) mass is 375 g/mol. The number of aromatic nitrogens is 1. The third kappa shape index (κ3) is 4.21. The van der Waals surface area contributed by atoms with Crippen LogP contribution in [0.4, 0.5) is 22.7 Å². The van der Waals surface area contributed by atoms with E-state index < -0.39 is 11.1 Å². The molecule has 0 N–H and O–H groups in total. The van der Waals surface area contributed by atoms with Crippen molar-refractivity contribution in [2.75, 3.05) is 38.2 Å². The Balaban J connectivity index is 1.61. The zero-order valence-electron chi connectivity index (χ0n) is 13.5. The van der Waals surface area contributed by atoms with Gasteiger partial charge >= 0.3 is 6.18 Å². The highest BCUT2D eigenvalue weighted by Gasteiger charge is 2.34. The summed E-state index contributed by atoms with van der Waals surface area (Å²) in [6.45, 7) is 2.98. The maximum absolute atomic E-state index is 13.4. The molecule has 1 aromatic carbocycles. The van der Waals surface area contributed by atoms with Crippen LogP contribution in [0.2, 0.25) is 0 Å². The number of rotatable bonds is 4. The van der Waals surface area contributed by atoms with Crippen LogP contribution in [0.3, 0.4) is 0 Å². The Labute approximate surface area is 146 Å². The van der Waals surface area contributed by atoms with Gasteiger partial charge in [0.1, 0.15) is 16.4 Å². The van der Waals surface area contributed by atoms with Crippen molar-refractivity contribution in [2.45, 2.75) is 12.7 Å². The van der Waals surface area contributed by atoms with E-state index in [-0.39, 0.29) is 5.82 Å². The molecule has 1 aliphatic heterocycles. The second kappa shape index (κ2) is 7.17. The van der Waals surface area contributed by atoms with Crippen molar-refractivity contribution in [3.8, 4) is 5.75 Å². The number of piperazine rings is 1. The highest BCUT2D eigenvalue weighted by molar-refractivity contribution is 7.15. The van der Waals surface area contributed by atoms with Crippen LogP contribution >= 0.6 is 11.3 Å². The van der Waals surface area contributed by atoms with Gasteiger partial charge in [-0.1, -0.05) is 11.3 Å². The molecule has 2 heterocycles. The van der Waals surface area contributed by atoms with Gasteiger partial charge in [-0.25, -0.2) is 9.37 Å². The van der Waals surface area contributed by atoms with Crippen LogP contribution in [0, 0.1) is 5.82 Å². The van der Waals surface area contributed by atoms with Gasteiger partial charge in [-0.3, -0.25) is 4.90 Å². The first-order valence-electron chi connectivity index (χ1n) is 7.69. The molecular formula is C16H17F4N3OS. The van der Waals surface area contributed by atoms with E-state index in [2.05, 4.69) is 9.88 Å². The Bertz CT molecular complexity index is 726. The third-order valence-electron chi connectivity index (χ3n) is 4.05. The van der Waals surface area contributed by atoms with E-state index in [9.17, 15) is 17.6 Å². The number of halogens is 4. The molecular weight excluding hydrogens is 358 g/mol. The maximum Gasteiger partial charge on any atom is 0.427 e. The van der Waals surface area contributed by atoms with Crippen molar-refractivity contribution in [3.05, 3.63) is 40.7 Å². The van der Waals surface area contributed by atoms with E-state index in [1.165, 1.54) is 19.2 Å². The molecule has 0 radical (unpaired) electrons. The summed E-state index contributed by atoms with van der Waals surface area (Å²) in [5.41, 5.74) is 0.754. The molecule has 0 spiro atoms. The van der Waals surface area contributed by atoms with E-state index in [1.807, 2.05) is 4.90 Å². The summed E-state index contributed by atoms with van der Waals surface area (Å²) < 4.78 is 56.7. The highest BCUT2D eigenvalue weighted by Crippen LogP contribution is 2.36. The van der Waals surface area contributed by atoms with Crippen molar-refractivity contribution < 1.29 is 22.3 Å². The second-order valence-corrected chi connectivity index (χ2v) is 6.73. The van der Waals surface area contributed by atoms with Gasteiger partial charge < -0.3 is 9.64 Å². The van der Waals surface area contributed by atoms with Crippen LogP contribution < -0.4 is 9.64 Å². The Morgan fingerprint density at radius 3 is 2.52 bits per heavy atom. The number of benzene rings is 1. The zero-order valence-corrected chi connectivity index (χ0v) is 14.3. The minimum absolute atomic E-state index is 0.322. The van der Waals surface area contributed by atoms with Crippen LogP contribution in [0.5, 0.6) is 5.75 Å². The molecule has 2 aromatic rings. The summed E-state index contributed by atoms with van der Waals surface area (Å²) in [5.74, 6) is 0.301. The minimum atomic E-state index is -4.36. The van der Waals surface area contributed by atoms with Gasteiger partial charge in [-0.15, -0.1) is 0 Å². The minimum Gasteiger partial charge on any atom is -0.496 e. The quantitative estimate of drug-likeness (QED) is 0.763. The molecule has 1 aliphatic rings.